The summed E-state index contributed by atoms with van der Waals surface area (Å²) in [5.41, 5.74) is 6.08. The Morgan fingerprint density at radius 3 is 2.94 bits per heavy atom. The maximum atomic E-state index is 11.7. The van der Waals surface area contributed by atoms with Crippen molar-refractivity contribution in [2.75, 3.05) is 11.1 Å². The van der Waals surface area contributed by atoms with Crippen molar-refractivity contribution in [1.82, 2.24) is 4.98 Å². The van der Waals surface area contributed by atoms with Crippen LogP contribution in [0.3, 0.4) is 0 Å². The van der Waals surface area contributed by atoms with Crippen LogP contribution < -0.4 is 11.1 Å². The highest BCUT2D eigenvalue weighted by Gasteiger charge is 2.06. The number of aromatic nitrogens is 1. The number of rotatable bonds is 3. The lowest BCUT2D eigenvalue weighted by Crippen LogP contribution is -2.14. The minimum atomic E-state index is -0.0865. The van der Waals surface area contributed by atoms with E-state index in [9.17, 15) is 4.79 Å². The Hall–Kier alpha value is -1.40. The van der Waals surface area contributed by atoms with Crippen molar-refractivity contribution in [3.8, 4) is 0 Å². The van der Waals surface area contributed by atoms with E-state index >= 15 is 0 Å². The number of thiophene rings is 1. The van der Waals surface area contributed by atoms with E-state index in [4.69, 9.17) is 5.73 Å². The third-order valence-corrected chi connectivity index (χ3v) is 3.71. The van der Waals surface area contributed by atoms with Crippen molar-refractivity contribution in [1.29, 1.82) is 0 Å². The van der Waals surface area contributed by atoms with Gasteiger partial charge in [-0.25, -0.2) is 4.98 Å². The van der Waals surface area contributed by atoms with Gasteiger partial charge in [-0.05, 0) is 34.1 Å². The molecule has 0 atom stereocenters. The Morgan fingerprint density at radius 2 is 2.35 bits per heavy atom. The van der Waals surface area contributed by atoms with Crippen LogP contribution in [-0.4, -0.2) is 10.9 Å². The van der Waals surface area contributed by atoms with E-state index < -0.39 is 0 Å². The second kappa shape index (κ2) is 5.29. The normalized spacial score (nSPS) is 10.2. The predicted octanol–water partition coefficient (Wildman–Crippen LogP) is 2.67. The Bertz CT molecular complexity index is 524. The Kier molecular flexibility index (Phi) is 3.75. The summed E-state index contributed by atoms with van der Waals surface area (Å²) < 4.78 is 0.996. The lowest BCUT2D eigenvalue weighted by Gasteiger charge is -2.03. The van der Waals surface area contributed by atoms with Gasteiger partial charge in [-0.1, -0.05) is 0 Å². The lowest BCUT2D eigenvalue weighted by atomic mass is 10.3. The zero-order chi connectivity index (χ0) is 12.3. The molecular weight excluding hydrogens is 302 g/mol. The van der Waals surface area contributed by atoms with E-state index in [-0.39, 0.29) is 5.91 Å². The number of carbonyl (C=O) groups excluding carboxylic acids is 1. The number of hydrogen-bond acceptors (Lipinski definition) is 4. The molecule has 0 aliphatic heterocycles. The summed E-state index contributed by atoms with van der Waals surface area (Å²) in [6.07, 6.45) is 1.86. The molecule has 0 unspecified atom stereocenters. The number of halogens is 1. The number of carbonyl (C=O) groups is 1. The molecule has 0 bridgehead atoms. The molecule has 0 aliphatic carbocycles. The van der Waals surface area contributed by atoms with Gasteiger partial charge in [0.15, 0.2) is 0 Å². The smallest absolute Gasteiger partial charge is 0.230 e. The quantitative estimate of drug-likeness (QED) is 0.915. The molecule has 1 amide bonds. The Labute approximate surface area is 111 Å². The molecule has 2 rings (SSSR count). The largest absolute Gasteiger partial charge is 0.397 e. The third kappa shape index (κ3) is 3.54. The molecular formula is C11H10BrN3OS. The van der Waals surface area contributed by atoms with Crippen molar-refractivity contribution in [3.05, 3.63) is 39.1 Å². The first-order chi connectivity index (χ1) is 8.13. The van der Waals surface area contributed by atoms with Crippen molar-refractivity contribution >= 4 is 44.7 Å². The van der Waals surface area contributed by atoms with Crippen molar-refractivity contribution < 1.29 is 4.79 Å². The molecule has 0 saturated carbocycles. The minimum Gasteiger partial charge on any atom is -0.397 e. The van der Waals surface area contributed by atoms with Crippen LogP contribution in [-0.2, 0) is 11.2 Å². The van der Waals surface area contributed by atoms with Gasteiger partial charge in [-0.3, -0.25) is 4.79 Å². The van der Waals surface area contributed by atoms with Gasteiger partial charge in [0.2, 0.25) is 5.91 Å². The van der Waals surface area contributed by atoms with E-state index in [1.54, 1.807) is 23.5 Å². The van der Waals surface area contributed by atoms with Gasteiger partial charge in [-0.15, -0.1) is 11.3 Å². The van der Waals surface area contributed by atoms with Crippen LogP contribution in [0.5, 0.6) is 0 Å². The van der Waals surface area contributed by atoms with Crippen molar-refractivity contribution in [2.24, 2.45) is 0 Å². The highest BCUT2D eigenvalue weighted by atomic mass is 79.9. The van der Waals surface area contributed by atoms with E-state index in [1.165, 1.54) is 6.20 Å². The number of nitrogens with zero attached hydrogens (tertiary/aromatic N) is 1. The van der Waals surface area contributed by atoms with Gasteiger partial charge in [0.1, 0.15) is 5.82 Å². The maximum Gasteiger partial charge on any atom is 0.230 e. The monoisotopic (exact) mass is 311 g/mol. The number of pyridine rings is 1. The van der Waals surface area contributed by atoms with E-state index in [0.717, 1.165) is 9.35 Å². The molecule has 4 nitrogen and oxygen atoms in total. The summed E-state index contributed by atoms with van der Waals surface area (Å²) in [6.45, 7) is 0. The van der Waals surface area contributed by atoms with Crippen LogP contribution in [0, 0.1) is 0 Å². The molecule has 88 valence electrons. The number of amides is 1. The summed E-state index contributed by atoms with van der Waals surface area (Å²) in [7, 11) is 0. The SMILES string of the molecule is Nc1ccc(NC(=O)Cc2cc(Br)cs2)nc1. The van der Waals surface area contributed by atoms with Gasteiger partial charge in [0.25, 0.3) is 0 Å². The minimum absolute atomic E-state index is 0.0865. The Balaban J connectivity index is 1.95. The standard InChI is InChI=1S/C11H10BrN3OS/c12-7-3-9(17-6-7)4-11(16)15-10-2-1-8(13)5-14-10/h1-3,5-6H,4,13H2,(H,14,15,16). The van der Waals surface area contributed by atoms with E-state index in [1.807, 2.05) is 11.4 Å². The first-order valence-electron chi connectivity index (χ1n) is 4.88. The van der Waals surface area contributed by atoms with Crippen LogP contribution in [0.2, 0.25) is 0 Å². The van der Waals surface area contributed by atoms with Crippen LogP contribution in [0.15, 0.2) is 34.2 Å². The van der Waals surface area contributed by atoms with E-state index in [2.05, 4.69) is 26.2 Å². The maximum absolute atomic E-state index is 11.7. The van der Waals surface area contributed by atoms with Crippen LogP contribution in [0.4, 0.5) is 11.5 Å². The summed E-state index contributed by atoms with van der Waals surface area (Å²) in [5.74, 6) is 0.427. The molecule has 0 aromatic carbocycles. The molecule has 6 heteroatoms. The number of nitrogen functional groups attached to an aromatic ring is 1. The number of anilines is 2. The highest BCUT2D eigenvalue weighted by molar-refractivity contribution is 9.10. The molecule has 2 aromatic heterocycles. The molecule has 0 fully saturated rings. The summed E-state index contributed by atoms with van der Waals surface area (Å²) in [4.78, 5) is 16.7. The van der Waals surface area contributed by atoms with Crippen molar-refractivity contribution in [3.63, 3.8) is 0 Å². The van der Waals surface area contributed by atoms with E-state index in [0.29, 0.717) is 17.9 Å². The molecule has 0 saturated heterocycles. The number of nitrogens with two attached hydrogens (primary N) is 1. The predicted molar refractivity (Wildman–Crippen MR) is 73.0 cm³/mol. The molecule has 0 aliphatic rings. The van der Waals surface area contributed by atoms with Crippen molar-refractivity contribution in [2.45, 2.75) is 6.42 Å². The molecule has 3 N–H and O–H groups in total. The molecule has 17 heavy (non-hydrogen) atoms. The van der Waals surface area contributed by atoms with Gasteiger partial charge in [0, 0.05) is 14.7 Å². The van der Waals surface area contributed by atoms with Crippen LogP contribution in [0.1, 0.15) is 4.88 Å². The van der Waals surface area contributed by atoms with Gasteiger partial charge in [0.05, 0.1) is 18.3 Å². The first kappa shape index (κ1) is 12.1. The highest BCUT2D eigenvalue weighted by Crippen LogP contribution is 2.20. The van der Waals surface area contributed by atoms with Crippen LogP contribution >= 0.6 is 27.3 Å². The lowest BCUT2D eigenvalue weighted by molar-refractivity contribution is -0.115. The zero-order valence-corrected chi connectivity index (χ0v) is 11.2. The fourth-order valence-electron chi connectivity index (χ4n) is 1.27. The summed E-state index contributed by atoms with van der Waals surface area (Å²) >= 11 is 4.89. The summed E-state index contributed by atoms with van der Waals surface area (Å²) in [6, 6.07) is 5.31. The fourth-order valence-corrected chi connectivity index (χ4v) is 2.72. The number of hydrogen-bond donors (Lipinski definition) is 2. The first-order valence-corrected chi connectivity index (χ1v) is 6.55. The van der Waals surface area contributed by atoms with Crippen LogP contribution in [0.25, 0.3) is 0 Å². The summed E-state index contributed by atoms with van der Waals surface area (Å²) in [5, 5.41) is 4.66. The molecule has 2 aromatic rings. The Morgan fingerprint density at radius 1 is 1.53 bits per heavy atom. The molecule has 0 spiro atoms. The number of nitrogens with one attached hydrogen (secondary N) is 1. The molecule has 0 radical (unpaired) electrons. The second-order valence-corrected chi connectivity index (χ2v) is 5.34. The van der Waals surface area contributed by atoms with Gasteiger partial charge >= 0.3 is 0 Å². The zero-order valence-electron chi connectivity index (χ0n) is 8.81. The second-order valence-electron chi connectivity index (χ2n) is 3.43. The third-order valence-electron chi connectivity index (χ3n) is 2.01. The van der Waals surface area contributed by atoms with Gasteiger partial charge < -0.3 is 11.1 Å². The average Bonchev–Trinajstić information content (AvgIpc) is 2.67. The van der Waals surface area contributed by atoms with Gasteiger partial charge in [-0.2, -0.15) is 0 Å². The molecule has 2 heterocycles. The fraction of sp³-hybridized carbons (Fsp3) is 0.0909. The topological polar surface area (TPSA) is 68.0 Å². The average molecular weight is 312 g/mol.